The Hall–Kier alpha value is -3.32. The summed E-state index contributed by atoms with van der Waals surface area (Å²) in [6, 6.07) is 15.0. The number of nitro groups is 1. The Morgan fingerprint density at radius 3 is 1.38 bits per heavy atom. The van der Waals surface area contributed by atoms with Crippen LogP contribution in [-0.4, -0.2) is 4.92 Å². The first-order valence-electron chi connectivity index (χ1n) is 10.0. The molecule has 0 saturated heterocycles. The average molecular weight is 623 g/mol. The second-order valence-electron chi connectivity index (χ2n) is 7.63. The van der Waals surface area contributed by atoms with E-state index in [2.05, 4.69) is 47.8 Å². The average Bonchev–Trinajstić information content (AvgIpc) is 2.74. The second-order valence-corrected chi connectivity index (χ2v) is 11.5. The fourth-order valence-electron chi connectivity index (χ4n) is 2.59. The molecule has 3 rings (SSSR count). The second kappa shape index (κ2) is 10.0. The summed E-state index contributed by atoms with van der Waals surface area (Å²) in [6.07, 6.45) is 10.6. The molecule has 0 amide bonds. The van der Waals surface area contributed by atoms with Gasteiger partial charge in [0.1, 0.15) is 0 Å². The van der Waals surface area contributed by atoms with Gasteiger partial charge in [-0.15, -0.1) is 0 Å². The summed E-state index contributed by atoms with van der Waals surface area (Å²) in [5.41, 5.74) is 3.52. The van der Waals surface area contributed by atoms with Crippen molar-refractivity contribution in [3.8, 4) is 11.1 Å². The van der Waals surface area contributed by atoms with Gasteiger partial charge in [0.05, 0.1) is 4.92 Å². The first kappa shape index (κ1) is 33.7. The van der Waals surface area contributed by atoms with Crippen LogP contribution in [0.2, 0.25) is 0 Å². The molecule has 19 heteroatoms. The quantitative estimate of drug-likeness (QED) is 0.0903. The van der Waals surface area contributed by atoms with Gasteiger partial charge in [-0.3, -0.25) is 10.1 Å². The molecule has 0 bridgehead atoms. The molecule has 0 fully saturated rings. The van der Waals surface area contributed by atoms with Crippen LogP contribution in [0.25, 0.3) is 17.3 Å². The van der Waals surface area contributed by atoms with Crippen LogP contribution in [0.15, 0.2) is 79.9 Å². The van der Waals surface area contributed by atoms with Gasteiger partial charge in [0.2, 0.25) is 0 Å². The molecule has 220 valence electrons. The van der Waals surface area contributed by atoms with E-state index in [1.54, 1.807) is 18.3 Å². The maximum absolute atomic E-state index is 10.7. The molecule has 0 atom stereocenters. The number of aromatic nitrogens is 2. The van der Waals surface area contributed by atoms with Gasteiger partial charge >= 0.3 is 66.0 Å². The maximum atomic E-state index is 10.7. The molecule has 3 aromatic rings. The van der Waals surface area contributed by atoms with E-state index in [4.69, 9.17) is 0 Å². The first-order valence-corrected chi connectivity index (χ1v) is 14.1. The summed E-state index contributed by atoms with van der Waals surface area (Å²) in [7, 11) is -21.3. The fourth-order valence-corrected chi connectivity index (χ4v) is 2.59. The van der Waals surface area contributed by atoms with Crippen molar-refractivity contribution >= 4 is 27.5 Å². The van der Waals surface area contributed by atoms with Crippen molar-refractivity contribution < 1.29 is 64.4 Å². The monoisotopic (exact) mass is 623 g/mol. The van der Waals surface area contributed by atoms with Crippen molar-refractivity contribution in [1.29, 1.82) is 0 Å². The molecule has 0 N–H and O–H groups in total. The number of hydrogen-bond donors (Lipinski definition) is 0. The van der Waals surface area contributed by atoms with Crippen molar-refractivity contribution in [2.75, 3.05) is 0 Å². The SMILES string of the molecule is C=C[n+]1ccc(-c2cc[n+](CCc3ccc([N+](=O)[O-])cc3)cc2)cc1.F[P-](F)(F)(F)(F)F.F[P-](F)(F)(F)(F)F. The van der Waals surface area contributed by atoms with Crippen LogP contribution in [0.1, 0.15) is 5.56 Å². The predicted octanol–water partition coefficient (Wildman–Crippen LogP) is 9.94. The third-order valence-corrected chi connectivity index (χ3v) is 4.09. The Morgan fingerprint density at radius 2 is 1.05 bits per heavy atom. The fraction of sp³-hybridized carbons (Fsp3) is 0.100. The van der Waals surface area contributed by atoms with Gasteiger partial charge < -0.3 is 0 Å². The summed E-state index contributed by atoms with van der Waals surface area (Å²) in [5.74, 6) is 0. The molecule has 39 heavy (non-hydrogen) atoms. The van der Waals surface area contributed by atoms with E-state index in [-0.39, 0.29) is 10.6 Å². The van der Waals surface area contributed by atoms with Crippen LogP contribution in [0.5, 0.6) is 0 Å². The van der Waals surface area contributed by atoms with Gasteiger partial charge in [0.15, 0.2) is 37.5 Å². The summed E-state index contributed by atoms with van der Waals surface area (Å²) in [6.45, 7) is 4.55. The summed E-state index contributed by atoms with van der Waals surface area (Å²) in [4.78, 5) is 10.3. The minimum absolute atomic E-state index is 0.126. The van der Waals surface area contributed by atoms with Crippen LogP contribution in [0.3, 0.4) is 0 Å². The van der Waals surface area contributed by atoms with Gasteiger partial charge in [-0.2, -0.15) is 4.57 Å². The van der Waals surface area contributed by atoms with Crippen LogP contribution >= 0.6 is 15.6 Å². The molecule has 5 nitrogen and oxygen atoms in total. The van der Waals surface area contributed by atoms with Gasteiger partial charge in [-0.25, -0.2) is 4.57 Å². The standard InChI is InChI=1S/C20H19N3O2.2F6P/c1-2-21-13-8-18(9-14-21)19-10-15-22(16-11-19)12-7-17-3-5-20(6-4-17)23(24)25;2*1-7(2,3,4,5)6/h2-6,8-11,13-16H,1,7,12H2;;/q+2;2*-1. The molecule has 0 aliphatic carbocycles. The Balaban J connectivity index is 0.000000449. The Labute approximate surface area is 212 Å². The zero-order chi connectivity index (χ0) is 30.5. The third kappa shape index (κ3) is 21.3. The number of nitrogens with zero attached hydrogens (tertiary/aromatic N) is 3. The van der Waals surface area contributed by atoms with E-state index in [0.717, 1.165) is 29.7 Å². The molecule has 0 radical (unpaired) electrons. The van der Waals surface area contributed by atoms with Gasteiger partial charge in [-0.1, -0.05) is 12.1 Å². The predicted molar refractivity (Wildman–Crippen MR) is 123 cm³/mol. The van der Waals surface area contributed by atoms with E-state index in [1.165, 1.54) is 0 Å². The molecule has 2 aromatic heterocycles. The topological polar surface area (TPSA) is 50.9 Å². The number of non-ortho nitro benzene ring substituents is 1. The number of benzene rings is 1. The summed E-state index contributed by atoms with van der Waals surface area (Å²) < 4.78 is 122. The van der Waals surface area contributed by atoms with Gasteiger partial charge in [0, 0.05) is 42.8 Å². The summed E-state index contributed by atoms with van der Waals surface area (Å²) in [5, 5.41) is 10.7. The number of rotatable bonds is 6. The summed E-state index contributed by atoms with van der Waals surface area (Å²) >= 11 is 0. The number of halogens is 12. The van der Waals surface area contributed by atoms with Crippen molar-refractivity contribution in [3.63, 3.8) is 0 Å². The molecule has 2 heterocycles. The van der Waals surface area contributed by atoms with Crippen molar-refractivity contribution in [1.82, 2.24) is 0 Å². The van der Waals surface area contributed by atoms with E-state index in [1.807, 2.05) is 29.1 Å². The van der Waals surface area contributed by atoms with Gasteiger partial charge in [0.25, 0.3) is 5.69 Å². The molecule has 0 saturated carbocycles. The normalized spacial score (nSPS) is 15.0. The number of hydrogen-bond acceptors (Lipinski definition) is 2. The molecule has 1 aromatic carbocycles. The van der Waals surface area contributed by atoms with E-state index in [9.17, 15) is 60.5 Å². The Bertz CT molecular complexity index is 1250. The number of nitro benzene ring substituents is 1. The minimum atomic E-state index is -10.7. The van der Waals surface area contributed by atoms with Crippen LogP contribution in [0.4, 0.5) is 56.1 Å². The van der Waals surface area contributed by atoms with Crippen molar-refractivity contribution in [2.24, 2.45) is 0 Å². The molecule has 0 unspecified atom stereocenters. The third-order valence-electron chi connectivity index (χ3n) is 4.09. The molecule has 0 spiro atoms. The number of pyridine rings is 2. The van der Waals surface area contributed by atoms with E-state index >= 15 is 0 Å². The number of aryl methyl sites for hydroxylation is 2. The molecular weight excluding hydrogens is 604 g/mol. The van der Waals surface area contributed by atoms with E-state index < -0.39 is 15.6 Å². The van der Waals surface area contributed by atoms with Crippen LogP contribution < -0.4 is 9.13 Å². The Kier molecular flexibility index (Phi) is 8.65. The van der Waals surface area contributed by atoms with Crippen molar-refractivity contribution in [2.45, 2.75) is 13.0 Å². The molecule has 0 aliphatic rings. The van der Waals surface area contributed by atoms with Crippen molar-refractivity contribution in [3.05, 3.63) is 95.6 Å². The van der Waals surface area contributed by atoms with Gasteiger partial charge in [-0.05, 0) is 23.3 Å². The van der Waals surface area contributed by atoms with Crippen LogP contribution in [0, 0.1) is 10.1 Å². The molecular formula is C20H19F12N3O2P2. The van der Waals surface area contributed by atoms with E-state index in [0.29, 0.717) is 0 Å². The zero-order valence-corrected chi connectivity index (χ0v) is 21.0. The zero-order valence-electron chi connectivity index (χ0n) is 19.2. The van der Waals surface area contributed by atoms with Crippen LogP contribution in [-0.2, 0) is 13.0 Å². The molecule has 0 aliphatic heterocycles. The first-order chi connectivity index (χ1) is 17.1. The Morgan fingerprint density at radius 1 is 0.692 bits per heavy atom.